The predicted octanol–water partition coefficient (Wildman–Crippen LogP) is 1.80. The van der Waals surface area contributed by atoms with E-state index in [9.17, 15) is 0 Å². The van der Waals surface area contributed by atoms with E-state index in [1.807, 2.05) is 0 Å². The number of hydrogen-bond donors (Lipinski definition) is 1. The van der Waals surface area contributed by atoms with Crippen LogP contribution in [-0.4, -0.2) is 74.8 Å². The van der Waals surface area contributed by atoms with Crippen LogP contribution in [0.4, 0.5) is 0 Å². The number of aliphatic imine (C=N–C) groups is 1. The summed E-state index contributed by atoms with van der Waals surface area (Å²) < 4.78 is 5.65. The summed E-state index contributed by atoms with van der Waals surface area (Å²) >= 11 is 0. The largest absolute Gasteiger partial charge is 0.381 e. The Balaban J connectivity index is 1.54. The van der Waals surface area contributed by atoms with Gasteiger partial charge in [-0.3, -0.25) is 4.99 Å². The average Bonchev–Trinajstić information content (AvgIpc) is 3.28. The Kier molecular flexibility index (Phi) is 5.81. The van der Waals surface area contributed by atoms with Crippen molar-refractivity contribution in [2.45, 2.75) is 39.5 Å². The number of rotatable bonds is 5. The van der Waals surface area contributed by atoms with E-state index in [1.54, 1.807) is 0 Å². The molecule has 0 aliphatic carbocycles. The predicted molar refractivity (Wildman–Crippen MR) is 94.9 cm³/mol. The zero-order valence-corrected chi connectivity index (χ0v) is 15.0. The third-order valence-corrected chi connectivity index (χ3v) is 5.67. The van der Waals surface area contributed by atoms with Gasteiger partial charge in [-0.25, -0.2) is 0 Å². The first-order valence-electron chi connectivity index (χ1n) is 9.58. The lowest BCUT2D eigenvalue weighted by Crippen LogP contribution is -2.41. The van der Waals surface area contributed by atoms with E-state index in [0.717, 1.165) is 51.3 Å². The number of nitrogens with one attached hydrogen (secondary N) is 1. The highest BCUT2D eigenvalue weighted by atomic mass is 16.5. The maximum atomic E-state index is 5.65. The maximum absolute atomic E-state index is 5.65. The zero-order chi connectivity index (χ0) is 16.1. The van der Waals surface area contributed by atoms with Crippen LogP contribution in [0.25, 0.3) is 0 Å². The van der Waals surface area contributed by atoms with Crippen LogP contribution in [0.2, 0.25) is 0 Å². The second-order valence-corrected chi connectivity index (χ2v) is 7.62. The molecule has 2 unspecified atom stereocenters. The van der Waals surface area contributed by atoms with Crippen LogP contribution in [0, 0.1) is 11.3 Å². The topological polar surface area (TPSA) is 40.1 Å². The molecule has 1 spiro atoms. The molecule has 3 fully saturated rings. The second kappa shape index (κ2) is 7.84. The van der Waals surface area contributed by atoms with E-state index in [1.165, 1.54) is 45.3 Å². The van der Waals surface area contributed by atoms with Gasteiger partial charge in [0, 0.05) is 44.7 Å². The summed E-state index contributed by atoms with van der Waals surface area (Å²) in [5.74, 6) is 1.87. The van der Waals surface area contributed by atoms with Crippen LogP contribution >= 0.6 is 0 Å². The molecule has 1 N–H and O–H groups in total. The van der Waals surface area contributed by atoms with Gasteiger partial charge in [0.2, 0.25) is 0 Å². The Morgan fingerprint density at radius 3 is 2.96 bits per heavy atom. The van der Waals surface area contributed by atoms with Crippen LogP contribution in [-0.2, 0) is 4.74 Å². The average molecular weight is 322 g/mol. The smallest absolute Gasteiger partial charge is 0.193 e. The molecule has 0 amide bonds. The molecule has 3 rings (SSSR count). The first kappa shape index (κ1) is 17.0. The SMILES string of the molecule is CCCN1CCC(CN=C(NCC)N2CCC3(CCOC3)C2)C1. The monoisotopic (exact) mass is 322 g/mol. The van der Waals surface area contributed by atoms with Crippen LogP contribution in [0.15, 0.2) is 4.99 Å². The summed E-state index contributed by atoms with van der Waals surface area (Å²) in [7, 11) is 0. The summed E-state index contributed by atoms with van der Waals surface area (Å²) in [5.41, 5.74) is 0.404. The molecule has 0 radical (unpaired) electrons. The van der Waals surface area contributed by atoms with Gasteiger partial charge in [0.15, 0.2) is 5.96 Å². The molecule has 23 heavy (non-hydrogen) atoms. The molecule has 0 aromatic rings. The zero-order valence-electron chi connectivity index (χ0n) is 15.0. The van der Waals surface area contributed by atoms with E-state index in [2.05, 4.69) is 29.0 Å². The molecule has 3 aliphatic heterocycles. The molecule has 2 atom stereocenters. The van der Waals surface area contributed by atoms with E-state index in [-0.39, 0.29) is 0 Å². The summed E-state index contributed by atoms with van der Waals surface area (Å²) in [6.45, 7) is 14.2. The van der Waals surface area contributed by atoms with Crippen molar-refractivity contribution in [3.05, 3.63) is 0 Å². The van der Waals surface area contributed by atoms with Crippen molar-refractivity contribution in [2.24, 2.45) is 16.3 Å². The first-order chi connectivity index (χ1) is 11.2. The Bertz CT molecular complexity index is 406. The molecule has 0 saturated carbocycles. The number of nitrogens with zero attached hydrogens (tertiary/aromatic N) is 3. The highest BCUT2D eigenvalue weighted by Crippen LogP contribution is 2.38. The summed E-state index contributed by atoms with van der Waals surface area (Å²) in [5, 5.41) is 3.51. The third kappa shape index (κ3) is 4.18. The lowest BCUT2D eigenvalue weighted by Gasteiger charge is -2.25. The van der Waals surface area contributed by atoms with E-state index >= 15 is 0 Å². The van der Waals surface area contributed by atoms with E-state index in [4.69, 9.17) is 9.73 Å². The van der Waals surface area contributed by atoms with E-state index < -0.39 is 0 Å². The molecule has 5 heteroatoms. The molecular formula is C18H34N4O. The minimum atomic E-state index is 0.404. The Labute approximate surface area is 141 Å². The van der Waals surface area contributed by atoms with Crippen molar-refractivity contribution >= 4 is 5.96 Å². The molecule has 0 aromatic carbocycles. The van der Waals surface area contributed by atoms with Crippen molar-refractivity contribution in [1.29, 1.82) is 0 Å². The van der Waals surface area contributed by atoms with Gasteiger partial charge in [-0.05, 0) is 51.6 Å². The lowest BCUT2D eigenvalue weighted by molar-refractivity contribution is 0.156. The fraction of sp³-hybridized carbons (Fsp3) is 0.944. The van der Waals surface area contributed by atoms with Gasteiger partial charge >= 0.3 is 0 Å². The summed E-state index contributed by atoms with van der Waals surface area (Å²) in [6.07, 6.45) is 5.04. The summed E-state index contributed by atoms with van der Waals surface area (Å²) in [4.78, 5) is 10.1. The van der Waals surface area contributed by atoms with Gasteiger partial charge in [0.05, 0.1) is 6.61 Å². The number of hydrogen-bond acceptors (Lipinski definition) is 3. The van der Waals surface area contributed by atoms with E-state index in [0.29, 0.717) is 5.41 Å². The van der Waals surface area contributed by atoms with Crippen molar-refractivity contribution in [3.8, 4) is 0 Å². The van der Waals surface area contributed by atoms with Crippen LogP contribution in [0.3, 0.4) is 0 Å². The van der Waals surface area contributed by atoms with Gasteiger partial charge in [-0.2, -0.15) is 0 Å². The van der Waals surface area contributed by atoms with Gasteiger partial charge in [0.1, 0.15) is 0 Å². The fourth-order valence-corrected chi connectivity index (χ4v) is 4.31. The Hall–Kier alpha value is -0.810. The minimum absolute atomic E-state index is 0.404. The van der Waals surface area contributed by atoms with Gasteiger partial charge < -0.3 is 19.9 Å². The maximum Gasteiger partial charge on any atom is 0.193 e. The van der Waals surface area contributed by atoms with Gasteiger partial charge in [-0.1, -0.05) is 6.92 Å². The Morgan fingerprint density at radius 1 is 1.30 bits per heavy atom. The first-order valence-corrected chi connectivity index (χ1v) is 9.58. The molecule has 3 aliphatic rings. The normalized spacial score (nSPS) is 32.3. The summed E-state index contributed by atoms with van der Waals surface area (Å²) in [6, 6.07) is 0. The molecular weight excluding hydrogens is 288 g/mol. The lowest BCUT2D eigenvalue weighted by atomic mass is 9.87. The molecule has 5 nitrogen and oxygen atoms in total. The number of likely N-dealkylation sites (tertiary alicyclic amines) is 2. The second-order valence-electron chi connectivity index (χ2n) is 7.62. The van der Waals surface area contributed by atoms with Crippen molar-refractivity contribution in [1.82, 2.24) is 15.1 Å². The molecule has 0 bridgehead atoms. The van der Waals surface area contributed by atoms with Gasteiger partial charge in [0.25, 0.3) is 0 Å². The van der Waals surface area contributed by atoms with Crippen molar-refractivity contribution in [3.63, 3.8) is 0 Å². The van der Waals surface area contributed by atoms with Crippen LogP contribution < -0.4 is 5.32 Å². The quantitative estimate of drug-likeness (QED) is 0.619. The van der Waals surface area contributed by atoms with Gasteiger partial charge in [-0.15, -0.1) is 0 Å². The molecule has 3 saturated heterocycles. The van der Waals surface area contributed by atoms with Crippen molar-refractivity contribution in [2.75, 3.05) is 59.0 Å². The molecule has 0 aromatic heterocycles. The number of ether oxygens (including phenoxy) is 1. The highest BCUT2D eigenvalue weighted by molar-refractivity contribution is 5.80. The third-order valence-electron chi connectivity index (χ3n) is 5.67. The molecule has 3 heterocycles. The van der Waals surface area contributed by atoms with Crippen LogP contribution in [0.1, 0.15) is 39.5 Å². The minimum Gasteiger partial charge on any atom is -0.381 e. The molecule has 132 valence electrons. The Morgan fingerprint density at radius 2 is 2.22 bits per heavy atom. The van der Waals surface area contributed by atoms with Crippen molar-refractivity contribution < 1.29 is 4.74 Å². The number of guanidine groups is 1. The standard InChI is InChI=1S/C18H34N4O/c1-3-8-21-9-5-16(13-21)12-20-17(19-4-2)22-10-6-18(14-22)7-11-23-15-18/h16H,3-15H2,1-2H3,(H,19,20). The fourth-order valence-electron chi connectivity index (χ4n) is 4.31. The highest BCUT2D eigenvalue weighted by Gasteiger charge is 2.42. The van der Waals surface area contributed by atoms with Crippen LogP contribution in [0.5, 0.6) is 0 Å².